The Morgan fingerprint density at radius 2 is 2.06 bits per heavy atom. The van der Waals surface area contributed by atoms with Crippen molar-refractivity contribution in [3.63, 3.8) is 0 Å². The Kier molecular flexibility index (Phi) is 5.70. The molecule has 2 aliphatic rings. The van der Waals surface area contributed by atoms with Gasteiger partial charge in [0.05, 0.1) is 38.0 Å². The molecule has 0 saturated carbocycles. The number of aliphatic imine (C=N–C) groups is 1. The number of hydrogen-bond acceptors (Lipinski definition) is 6. The van der Waals surface area contributed by atoms with Crippen LogP contribution < -0.4 is 4.74 Å². The number of aryl methyl sites for hydroxylation is 1. The van der Waals surface area contributed by atoms with Gasteiger partial charge in [0.25, 0.3) is 0 Å². The highest BCUT2D eigenvalue weighted by Crippen LogP contribution is 2.38. The second kappa shape index (κ2) is 8.80. The lowest BCUT2D eigenvalue weighted by Crippen LogP contribution is -2.38. The van der Waals surface area contributed by atoms with Gasteiger partial charge in [-0.2, -0.15) is 0 Å². The summed E-state index contributed by atoms with van der Waals surface area (Å²) in [5.41, 5.74) is 4.66. The minimum Gasteiger partial charge on any atom is -0.495 e. The summed E-state index contributed by atoms with van der Waals surface area (Å²) < 4.78 is 21.0. The summed E-state index contributed by atoms with van der Waals surface area (Å²) in [5, 5.41) is 11.7. The number of amidine groups is 1. The van der Waals surface area contributed by atoms with Gasteiger partial charge < -0.3 is 14.4 Å². The third kappa shape index (κ3) is 4.03. The molecule has 33 heavy (non-hydrogen) atoms. The summed E-state index contributed by atoms with van der Waals surface area (Å²) in [6, 6.07) is 11.6. The van der Waals surface area contributed by atoms with E-state index in [4.69, 9.17) is 14.6 Å². The number of nitrogens with zero attached hydrogens (tertiary/aromatic N) is 4. The smallest absolute Gasteiger partial charge is 0.152 e. The summed E-state index contributed by atoms with van der Waals surface area (Å²) in [5.74, 6) is 1.13. The van der Waals surface area contributed by atoms with E-state index in [2.05, 4.69) is 11.1 Å². The topological polar surface area (TPSA) is 72.1 Å². The Labute approximate surface area is 191 Å². The van der Waals surface area contributed by atoms with E-state index in [9.17, 15) is 9.50 Å². The monoisotopic (exact) mass is 448 g/mol. The molecule has 3 heterocycles. The van der Waals surface area contributed by atoms with Crippen LogP contribution in [0.3, 0.4) is 0 Å². The molecule has 7 nitrogen and oxygen atoms in total. The van der Waals surface area contributed by atoms with Crippen LogP contribution in [0.5, 0.6) is 5.75 Å². The number of rotatable bonds is 5. The number of aromatic nitrogens is 2. The first-order chi connectivity index (χ1) is 16.1. The molecule has 170 valence electrons. The van der Waals surface area contributed by atoms with E-state index < -0.39 is 6.04 Å². The number of ether oxygens (including phenoxy) is 1. The van der Waals surface area contributed by atoms with E-state index in [0.29, 0.717) is 18.9 Å². The molecule has 3 aromatic rings. The molecule has 1 N–H and O–H groups in total. The van der Waals surface area contributed by atoms with Crippen LogP contribution in [-0.4, -0.2) is 51.9 Å². The van der Waals surface area contributed by atoms with Gasteiger partial charge in [0, 0.05) is 12.6 Å². The number of hydroxylamine groups is 2. The zero-order chi connectivity index (χ0) is 22.9. The van der Waals surface area contributed by atoms with Crippen molar-refractivity contribution in [3.05, 3.63) is 83.2 Å². The average Bonchev–Trinajstić information content (AvgIpc) is 3.43. The van der Waals surface area contributed by atoms with Crippen LogP contribution in [0.15, 0.2) is 65.6 Å². The zero-order valence-electron chi connectivity index (χ0n) is 18.5. The van der Waals surface area contributed by atoms with Crippen LogP contribution >= 0.6 is 0 Å². The van der Waals surface area contributed by atoms with Crippen molar-refractivity contribution in [2.24, 2.45) is 4.99 Å². The first-order valence-corrected chi connectivity index (χ1v) is 10.8. The molecular formula is C25H25FN4O3. The van der Waals surface area contributed by atoms with Crippen LogP contribution in [0, 0.1) is 12.7 Å². The van der Waals surface area contributed by atoms with Gasteiger partial charge in [-0.25, -0.2) is 14.4 Å². The Bertz CT molecular complexity index is 1220. The minimum absolute atomic E-state index is 0.133. The van der Waals surface area contributed by atoms with Crippen LogP contribution in [0.1, 0.15) is 29.3 Å². The van der Waals surface area contributed by atoms with Crippen molar-refractivity contribution in [1.82, 2.24) is 14.6 Å². The zero-order valence-corrected chi connectivity index (χ0v) is 18.5. The molecule has 5 rings (SSSR count). The Morgan fingerprint density at radius 1 is 1.24 bits per heavy atom. The first-order valence-electron chi connectivity index (χ1n) is 10.8. The van der Waals surface area contributed by atoms with Crippen LogP contribution in [0.2, 0.25) is 0 Å². The summed E-state index contributed by atoms with van der Waals surface area (Å²) in [7, 11) is 1.65. The maximum absolute atomic E-state index is 13.4. The molecule has 0 bridgehead atoms. The fourth-order valence-electron chi connectivity index (χ4n) is 4.35. The number of aliphatic hydroxyl groups excluding tert-OH is 1. The van der Waals surface area contributed by atoms with Gasteiger partial charge in [0.15, 0.2) is 5.84 Å². The van der Waals surface area contributed by atoms with Gasteiger partial charge in [-0.15, -0.1) is 0 Å². The van der Waals surface area contributed by atoms with Crippen molar-refractivity contribution < 1.29 is 19.1 Å². The molecule has 2 unspecified atom stereocenters. The standard InChI is InChI=1S/C25H25FN4O3/c1-16-13-29(15-27-16)22-8-3-17(12-23(22)32-2)11-19-9-10-33-30-24(21(14-31)28-25(19)30)18-4-6-20(26)7-5-18/h3-8,11-13,15,21,24,31H,9-10,14H2,1-2H3. The van der Waals surface area contributed by atoms with Gasteiger partial charge in [0.2, 0.25) is 0 Å². The number of fused-ring (bicyclic) bond motifs is 1. The van der Waals surface area contributed by atoms with Crippen molar-refractivity contribution in [2.45, 2.75) is 25.4 Å². The SMILES string of the molecule is COc1cc(C=C2CCON3C2=NC(CO)C3c2ccc(F)cc2)ccc1-n1cnc(C)c1. The molecule has 2 aliphatic heterocycles. The third-order valence-corrected chi connectivity index (χ3v) is 5.94. The quantitative estimate of drug-likeness (QED) is 0.642. The number of aliphatic hydroxyl groups is 1. The van der Waals surface area contributed by atoms with Crippen molar-refractivity contribution in [1.29, 1.82) is 0 Å². The number of benzene rings is 2. The highest BCUT2D eigenvalue weighted by molar-refractivity contribution is 6.03. The number of methoxy groups -OCH3 is 1. The molecule has 0 radical (unpaired) electrons. The number of imidazole rings is 1. The molecule has 1 saturated heterocycles. The maximum atomic E-state index is 13.4. The van der Waals surface area contributed by atoms with Gasteiger partial charge >= 0.3 is 0 Å². The third-order valence-electron chi connectivity index (χ3n) is 5.94. The maximum Gasteiger partial charge on any atom is 0.152 e. The largest absolute Gasteiger partial charge is 0.495 e. The predicted molar refractivity (Wildman–Crippen MR) is 123 cm³/mol. The molecule has 2 atom stereocenters. The normalized spacial score (nSPS) is 21.3. The molecule has 1 aromatic heterocycles. The lowest BCUT2D eigenvalue weighted by molar-refractivity contribution is -0.133. The van der Waals surface area contributed by atoms with Crippen molar-refractivity contribution >= 4 is 11.9 Å². The lowest BCUT2D eigenvalue weighted by Gasteiger charge is -2.33. The molecule has 2 aromatic carbocycles. The van der Waals surface area contributed by atoms with E-state index in [1.807, 2.05) is 35.9 Å². The number of halogens is 1. The fraction of sp³-hybridized carbons (Fsp3) is 0.280. The van der Waals surface area contributed by atoms with Gasteiger partial charge in [-0.3, -0.25) is 9.83 Å². The summed E-state index contributed by atoms with van der Waals surface area (Å²) in [4.78, 5) is 15.0. The molecule has 1 fully saturated rings. The Hall–Kier alpha value is -3.49. The van der Waals surface area contributed by atoms with Crippen LogP contribution in [0.4, 0.5) is 4.39 Å². The molecular weight excluding hydrogens is 423 g/mol. The van der Waals surface area contributed by atoms with Gasteiger partial charge in [-0.05, 0) is 54.0 Å². The fourth-order valence-corrected chi connectivity index (χ4v) is 4.35. The molecule has 0 aliphatic carbocycles. The highest BCUT2D eigenvalue weighted by Gasteiger charge is 2.41. The highest BCUT2D eigenvalue weighted by atomic mass is 19.1. The first kappa shape index (κ1) is 21.4. The van der Waals surface area contributed by atoms with Gasteiger partial charge in [0.1, 0.15) is 23.7 Å². The van der Waals surface area contributed by atoms with E-state index in [-0.39, 0.29) is 18.5 Å². The van der Waals surface area contributed by atoms with Crippen molar-refractivity contribution in [3.8, 4) is 11.4 Å². The summed E-state index contributed by atoms with van der Waals surface area (Å²) in [6.45, 7) is 2.30. The summed E-state index contributed by atoms with van der Waals surface area (Å²) in [6.07, 6.45) is 6.47. The molecule has 8 heteroatoms. The molecule has 0 spiro atoms. The van der Waals surface area contributed by atoms with Gasteiger partial charge in [-0.1, -0.05) is 18.2 Å². The summed E-state index contributed by atoms with van der Waals surface area (Å²) >= 11 is 0. The second-order valence-electron chi connectivity index (χ2n) is 8.13. The van der Waals surface area contributed by atoms with E-state index >= 15 is 0 Å². The van der Waals surface area contributed by atoms with E-state index in [1.54, 1.807) is 30.6 Å². The minimum atomic E-state index is -0.395. The average molecular weight is 448 g/mol. The van der Waals surface area contributed by atoms with Crippen molar-refractivity contribution in [2.75, 3.05) is 20.3 Å². The predicted octanol–water partition coefficient (Wildman–Crippen LogP) is 3.86. The van der Waals surface area contributed by atoms with E-state index in [1.165, 1.54) is 12.1 Å². The Morgan fingerprint density at radius 3 is 2.76 bits per heavy atom. The van der Waals surface area contributed by atoms with Crippen LogP contribution in [0.25, 0.3) is 11.8 Å². The Balaban J connectivity index is 1.47. The lowest BCUT2D eigenvalue weighted by atomic mass is 10.00. The second-order valence-corrected chi connectivity index (χ2v) is 8.13. The molecule has 0 amide bonds. The van der Waals surface area contributed by atoms with Crippen LogP contribution in [-0.2, 0) is 4.84 Å². The van der Waals surface area contributed by atoms with E-state index in [0.717, 1.165) is 33.8 Å². The number of hydrogen-bond donors (Lipinski definition) is 1.